The van der Waals surface area contributed by atoms with Gasteiger partial charge < -0.3 is 4.90 Å². The first-order valence-electron chi connectivity index (χ1n) is 7.08. The van der Waals surface area contributed by atoms with Crippen LogP contribution < -0.4 is 0 Å². The molecule has 3 heteroatoms. The topological polar surface area (TPSA) is 23.6 Å². The van der Waals surface area contributed by atoms with E-state index in [1.807, 2.05) is 0 Å². The van der Waals surface area contributed by atoms with Gasteiger partial charge in [0.05, 0.1) is 0 Å². The maximum absolute atomic E-state index is 11.9. The lowest BCUT2D eigenvalue weighted by Crippen LogP contribution is -2.42. The smallest absolute Gasteiger partial charge is 0.137 e. The van der Waals surface area contributed by atoms with Gasteiger partial charge in [0.1, 0.15) is 5.78 Å². The molecule has 0 spiro atoms. The lowest BCUT2D eigenvalue weighted by atomic mass is 9.87. The third-order valence-corrected chi connectivity index (χ3v) is 4.21. The molecule has 3 nitrogen and oxygen atoms in total. The van der Waals surface area contributed by atoms with E-state index in [1.165, 1.54) is 25.8 Å². The first-order chi connectivity index (χ1) is 8.16. The summed E-state index contributed by atoms with van der Waals surface area (Å²) in [6, 6.07) is 0.680. The molecule has 1 heterocycles. The molecule has 2 aliphatic rings. The molecule has 1 saturated heterocycles. The molecule has 2 fully saturated rings. The highest BCUT2D eigenvalue weighted by molar-refractivity contribution is 5.81. The van der Waals surface area contributed by atoms with Gasteiger partial charge in [-0.25, -0.2) is 0 Å². The minimum atomic E-state index is 0.339. The van der Waals surface area contributed by atoms with Crippen molar-refractivity contribution in [3.63, 3.8) is 0 Å². The molecule has 2 rings (SSSR count). The van der Waals surface area contributed by atoms with Crippen LogP contribution in [0.2, 0.25) is 0 Å². The Hall–Kier alpha value is -0.410. The zero-order valence-electron chi connectivity index (χ0n) is 11.3. The van der Waals surface area contributed by atoms with E-state index in [9.17, 15) is 4.79 Å². The van der Waals surface area contributed by atoms with Crippen LogP contribution in [0.3, 0.4) is 0 Å². The van der Waals surface area contributed by atoms with Crippen LogP contribution in [0.1, 0.15) is 38.5 Å². The van der Waals surface area contributed by atoms with Crippen molar-refractivity contribution in [2.24, 2.45) is 5.92 Å². The van der Waals surface area contributed by atoms with Crippen LogP contribution in [-0.2, 0) is 4.79 Å². The molecule has 0 amide bonds. The number of hydrogen-bond acceptors (Lipinski definition) is 3. The Balaban J connectivity index is 1.86. The van der Waals surface area contributed by atoms with Gasteiger partial charge >= 0.3 is 0 Å². The molecule has 17 heavy (non-hydrogen) atoms. The number of ketones is 1. The molecular weight excluding hydrogens is 212 g/mol. The van der Waals surface area contributed by atoms with Gasteiger partial charge in [0, 0.05) is 31.5 Å². The predicted molar refractivity (Wildman–Crippen MR) is 70.1 cm³/mol. The van der Waals surface area contributed by atoms with Gasteiger partial charge in [-0.2, -0.15) is 0 Å². The summed E-state index contributed by atoms with van der Waals surface area (Å²) in [6.45, 7) is 3.36. The minimum absolute atomic E-state index is 0.339. The molecule has 1 aliphatic carbocycles. The summed E-state index contributed by atoms with van der Waals surface area (Å²) in [5.41, 5.74) is 0. The molecule has 0 radical (unpaired) electrons. The van der Waals surface area contributed by atoms with Crippen LogP contribution in [0.4, 0.5) is 0 Å². The van der Waals surface area contributed by atoms with Gasteiger partial charge in [0.2, 0.25) is 0 Å². The van der Waals surface area contributed by atoms with Gasteiger partial charge in [-0.05, 0) is 46.3 Å². The van der Waals surface area contributed by atoms with Crippen molar-refractivity contribution in [2.45, 2.75) is 44.6 Å². The SMILES string of the molecule is CN(C)CC1CCCN1CC1CCCCC1=O. The molecule has 2 atom stereocenters. The molecule has 0 N–H and O–H groups in total. The summed E-state index contributed by atoms with van der Waals surface area (Å²) in [5.74, 6) is 0.860. The number of carbonyl (C=O) groups excluding carboxylic acids is 1. The standard InChI is InChI=1S/C14H26N2O/c1-15(2)11-13-7-5-9-16(13)10-12-6-3-4-8-14(12)17/h12-13H,3-11H2,1-2H3. The largest absolute Gasteiger partial charge is 0.308 e. The third kappa shape index (κ3) is 3.52. The lowest BCUT2D eigenvalue weighted by molar-refractivity contribution is -0.125. The first-order valence-corrected chi connectivity index (χ1v) is 7.08. The van der Waals surface area contributed by atoms with E-state index < -0.39 is 0 Å². The van der Waals surface area contributed by atoms with E-state index in [-0.39, 0.29) is 0 Å². The Morgan fingerprint density at radius 2 is 2.06 bits per heavy atom. The maximum atomic E-state index is 11.9. The number of rotatable bonds is 4. The van der Waals surface area contributed by atoms with E-state index in [1.54, 1.807) is 0 Å². The Bertz CT molecular complexity index is 265. The molecule has 0 bridgehead atoms. The fourth-order valence-corrected chi connectivity index (χ4v) is 3.30. The van der Waals surface area contributed by atoms with Gasteiger partial charge in [-0.15, -0.1) is 0 Å². The molecular formula is C14H26N2O. The lowest BCUT2D eigenvalue weighted by Gasteiger charge is -2.31. The van der Waals surface area contributed by atoms with Crippen molar-refractivity contribution in [1.29, 1.82) is 0 Å². The van der Waals surface area contributed by atoms with E-state index in [4.69, 9.17) is 0 Å². The zero-order chi connectivity index (χ0) is 12.3. The third-order valence-electron chi connectivity index (χ3n) is 4.21. The van der Waals surface area contributed by atoms with Gasteiger partial charge in [-0.1, -0.05) is 6.42 Å². The van der Waals surface area contributed by atoms with Crippen molar-refractivity contribution in [2.75, 3.05) is 33.7 Å². The van der Waals surface area contributed by atoms with Crippen molar-refractivity contribution in [3.8, 4) is 0 Å². The van der Waals surface area contributed by atoms with Crippen LogP contribution in [0.25, 0.3) is 0 Å². The van der Waals surface area contributed by atoms with Gasteiger partial charge in [0.15, 0.2) is 0 Å². The number of likely N-dealkylation sites (tertiary alicyclic amines) is 1. The van der Waals surface area contributed by atoms with E-state index in [0.29, 0.717) is 17.7 Å². The first kappa shape index (κ1) is 13.0. The van der Waals surface area contributed by atoms with Crippen molar-refractivity contribution >= 4 is 5.78 Å². The minimum Gasteiger partial charge on any atom is -0.308 e. The van der Waals surface area contributed by atoms with Gasteiger partial charge in [0.25, 0.3) is 0 Å². The molecule has 1 aliphatic heterocycles. The van der Waals surface area contributed by atoms with Crippen LogP contribution >= 0.6 is 0 Å². The van der Waals surface area contributed by atoms with E-state index >= 15 is 0 Å². The van der Waals surface area contributed by atoms with Crippen LogP contribution in [0.15, 0.2) is 0 Å². The number of hydrogen-bond donors (Lipinski definition) is 0. The quantitative estimate of drug-likeness (QED) is 0.746. The molecule has 0 aromatic rings. The second-order valence-electron chi connectivity index (χ2n) is 5.96. The van der Waals surface area contributed by atoms with E-state index in [0.717, 1.165) is 32.4 Å². The maximum Gasteiger partial charge on any atom is 0.137 e. The Kier molecular flexibility index (Phi) is 4.57. The zero-order valence-corrected chi connectivity index (χ0v) is 11.3. The summed E-state index contributed by atoms with van der Waals surface area (Å²) >= 11 is 0. The second kappa shape index (κ2) is 5.96. The Morgan fingerprint density at radius 3 is 2.76 bits per heavy atom. The van der Waals surface area contributed by atoms with E-state index in [2.05, 4.69) is 23.9 Å². The number of carbonyl (C=O) groups is 1. The Labute approximate surface area is 105 Å². The highest BCUT2D eigenvalue weighted by Crippen LogP contribution is 2.25. The summed E-state index contributed by atoms with van der Waals surface area (Å²) in [6.07, 6.45) is 6.94. The molecule has 98 valence electrons. The highest BCUT2D eigenvalue weighted by atomic mass is 16.1. The van der Waals surface area contributed by atoms with Crippen molar-refractivity contribution < 1.29 is 4.79 Å². The van der Waals surface area contributed by atoms with Crippen LogP contribution in [0, 0.1) is 5.92 Å². The summed E-state index contributed by atoms with van der Waals surface area (Å²) in [7, 11) is 4.28. The Morgan fingerprint density at radius 1 is 1.24 bits per heavy atom. The highest BCUT2D eigenvalue weighted by Gasteiger charge is 2.30. The van der Waals surface area contributed by atoms with Crippen LogP contribution in [0.5, 0.6) is 0 Å². The summed E-state index contributed by atoms with van der Waals surface area (Å²) in [4.78, 5) is 16.7. The fraction of sp³-hybridized carbons (Fsp3) is 0.929. The van der Waals surface area contributed by atoms with Crippen LogP contribution in [-0.4, -0.2) is 55.4 Å². The molecule has 0 aromatic carbocycles. The normalized spacial score (nSPS) is 31.4. The predicted octanol–water partition coefficient (Wildman–Crippen LogP) is 1.77. The van der Waals surface area contributed by atoms with Gasteiger partial charge in [-0.3, -0.25) is 9.69 Å². The molecule has 2 unspecified atom stereocenters. The monoisotopic (exact) mass is 238 g/mol. The fourth-order valence-electron chi connectivity index (χ4n) is 3.30. The van der Waals surface area contributed by atoms with Crippen molar-refractivity contribution in [1.82, 2.24) is 9.80 Å². The summed E-state index contributed by atoms with van der Waals surface area (Å²) in [5, 5.41) is 0. The second-order valence-corrected chi connectivity index (χ2v) is 5.96. The summed E-state index contributed by atoms with van der Waals surface area (Å²) < 4.78 is 0. The average Bonchev–Trinajstić information content (AvgIpc) is 2.68. The average molecular weight is 238 g/mol. The molecule has 1 saturated carbocycles. The molecule has 0 aromatic heterocycles. The van der Waals surface area contributed by atoms with Crippen molar-refractivity contribution in [3.05, 3.63) is 0 Å². The number of Topliss-reactive ketones (excluding diaryl/α,β-unsaturated/α-hetero) is 1. The number of likely N-dealkylation sites (N-methyl/N-ethyl adjacent to an activating group) is 1. The number of nitrogens with zero attached hydrogens (tertiary/aromatic N) is 2.